The summed E-state index contributed by atoms with van der Waals surface area (Å²) in [6, 6.07) is 3.54. The zero-order valence-electron chi connectivity index (χ0n) is 13.4. The van der Waals surface area contributed by atoms with E-state index < -0.39 is 10.0 Å². The van der Waals surface area contributed by atoms with E-state index in [9.17, 15) is 8.42 Å². The highest BCUT2D eigenvalue weighted by atomic mass is 32.2. The molecule has 0 aliphatic heterocycles. The van der Waals surface area contributed by atoms with Crippen LogP contribution in [-0.4, -0.2) is 14.5 Å². The first-order valence-corrected chi connectivity index (χ1v) is 8.99. The molecule has 1 aliphatic rings. The Morgan fingerprint density at radius 3 is 2.33 bits per heavy atom. The van der Waals surface area contributed by atoms with Gasteiger partial charge < -0.3 is 5.73 Å². The van der Waals surface area contributed by atoms with Crippen molar-refractivity contribution in [2.24, 2.45) is 5.41 Å². The van der Waals surface area contributed by atoms with Gasteiger partial charge in [0.25, 0.3) is 0 Å². The molecule has 1 aliphatic carbocycles. The molecule has 0 amide bonds. The van der Waals surface area contributed by atoms with Gasteiger partial charge in [0.05, 0.1) is 5.69 Å². The summed E-state index contributed by atoms with van der Waals surface area (Å²) in [5, 5.41) is 0. The van der Waals surface area contributed by atoms with Gasteiger partial charge >= 0.3 is 0 Å². The van der Waals surface area contributed by atoms with E-state index in [1.165, 1.54) is 0 Å². The minimum atomic E-state index is -3.56. The number of aryl methyl sites for hydroxylation is 1. The highest BCUT2D eigenvalue weighted by molar-refractivity contribution is 7.89. The normalized spacial score (nSPS) is 19.6. The Balaban J connectivity index is 2.22. The second-order valence-corrected chi connectivity index (χ2v) is 8.64. The molecule has 0 radical (unpaired) electrons. The molecule has 2 rings (SSSR count). The Hall–Kier alpha value is -1.07. The number of rotatable bonds is 3. The predicted octanol–water partition coefficient (Wildman–Crippen LogP) is 3.13. The Bertz CT molecular complexity index is 626. The Morgan fingerprint density at radius 1 is 1.19 bits per heavy atom. The molecule has 5 heteroatoms. The number of nitrogen functional groups attached to an aromatic ring is 1. The van der Waals surface area contributed by atoms with E-state index in [1.54, 1.807) is 6.07 Å². The molecule has 4 nitrogen and oxygen atoms in total. The lowest BCUT2D eigenvalue weighted by Gasteiger charge is -2.34. The number of benzene rings is 1. The summed E-state index contributed by atoms with van der Waals surface area (Å²) in [6.45, 7) is 8.18. The van der Waals surface area contributed by atoms with Crippen molar-refractivity contribution in [3.63, 3.8) is 0 Å². The lowest BCUT2D eigenvalue weighted by Crippen LogP contribution is -2.39. The van der Waals surface area contributed by atoms with Gasteiger partial charge in [-0.3, -0.25) is 0 Å². The SMILES string of the molecule is Cc1ccc(N)c(S(=O)(=O)NC2CCC(C)(C)CC2)c1C. The van der Waals surface area contributed by atoms with E-state index in [-0.39, 0.29) is 10.9 Å². The number of nitrogens with two attached hydrogens (primary N) is 1. The Morgan fingerprint density at radius 2 is 1.76 bits per heavy atom. The minimum Gasteiger partial charge on any atom is -0.398 e. The summed E-state index contributed by atoms with van der Waals surface area (Å²) in [4.78, 5) is 0.243. The maximum atomic E-state index is 12.7. The van der Waals surface area contributed by atoms with Crippen LogP contribution in [0.5, 0.6) is 0 Å². The summed E-state index contributed by atoms with van der Waals surface area (Å²) in [5.74, 6) is 0. The third kappa shape index (κ3) is 3.58. The Kier molecular flexibility index (Phi) is 4.36. The van der Waals surface area contributed by atoms with Crippen LogP contribution in [0.4, 0.5) is 5.69 Å². The Labute approximate surface area is 128 Å². The first-order chi connectivity index (χ1) is 9.62. The van der Waals surface area contributed by atoms with Crippen molar-refractivity contribution < 1.29 is 8.42 Å². The quantitative estimate of drug-likeness (QED) is 0.842. The molecule has 0 atom stereocenters. The van der Waals surface area contributed by atoms with E-state index in [0.29, 0.717) is 11.1 Å². The van der Waals surface area contributed by atoms with Crippen molar-refractivity contribution in [1.82, 2.24) is 4.72 Å². The van der Waals surface area contributed by atoms with Gasteiger partial charge in [0.2, 0.25) is 10.0 Å². The van der Waals surface area contributed by atoms with Crippen LogP contribution in [0.25, 0.3) is 0 Å². The highest BCUT2D eigenvalue weighted by Crippen LogP contribution is 2.36. The summed E-state index contributed by atoms with van der Waals surface area (Å²) in [6.07, 6.45) is 3.86. The average Bonchev–Trinajstić information content (AvgIpc) is 2.36. The smallest absolute Gasteiger partial charge is 0.243 e. The summed E-state index contributed by atoms with van der Waals surface area (Å²) >= 11 is 0. The number of anilines is 1. The monoisotopic (exact) mass is 310 g/mol. The topological polar surface area (TPSA) is 72.2 Å². The zero-order valence-corrected chi connectivity index (χ0v) is 14.2. The average molecular weight is 310 g/mol. The van der Waals surface area contributed by atoms with Gasteiger partial charge in [-0.25, -0.2) is 13.1 Å². The molecule has 118 valence electrons. The molecular weight excluding hydrogens is 284 g/mol. The molecular formula is C16H26N2O2S. The van der Waals surface area contributed by atoms with Crippen LogP contribution < -0.4 is 10.5 Å². The van der Waals surface area contributed by atoms with Gasteiger partial charge in [-0.1, -0.05) is 19.9 Å². The van der Waals surface area contributed by atoms with E-state index in [1.807, 2.05) is 19.9 Å². The molecule has 0 aromatic heterocycles. The van der Waals surface area contributed by atoms with Gasteiger partial charge in [-0.15, -0.1) is 0 Å². The molecule has 0 saturated heterocycles. The van der Waals surface area contributed by atoms with Crippen LogP contribution in [0.3, 0.4) is 0 Å². The van der Waals surface area contributed by atoms with Crippen LogP contribution in [-0.2, 0) is 10.0 Å². The molecule has 0 unspecified atom stereocenters. The molecule has 1 aromatic carbocycles. The first kappa shape index (κ1) is 16.3. The third-order valence-electron chi connectivity index (χ3n) is 4.64. The van der Waals surface area contributed by atoms with Gasteiger partial charge in [0, 0.05) is 6.04 Å². The molecule has 0 bridgehead atoms. The molecule has 0 heterocycles. The fourth-order valence-electron chi connectivity index (χ4n) is 2.96. The maximum absolute atomic E-state index is 12.7. The number of hydrogen-bond acceptors (Lipinski definition) is 3. The van der Waals surface area contributed by atoms with E-state index >= 15 is 0 Å². The maximum Gasteiger partial charge on any atom is 0.243 e. The van der Waals surface area contributed by atoms with Crippen LogP contribution >= 0.6 is 0 Å². The van der Waals surface area contributed by atoms with Gasteiger partial charge in [-0.05, 0) is 62.1 Å². The van der Waals surface area contributed by atoms with Gasteiger partial charge in [-0.2, -0.15) is 0 Å². The zero-order chi connectivity index (χ0) is 15.8. The lowest BCUT2D eigenvalue weighted by molar-refractivity contribution is 0.218. The molecule has 1 fully saturated rings. The number of nitrogens with one attached hydrogen (secondary N) is 1. The fourth-order valence-corrected chi connectivity index (χ4v) is 4.70. The van der Waals surface area contributed by atoms with Crippen molar-refractivity contribution in [3.05, 3.63) is 23.3 Å². The number of hydrogen-bond donors (Lipinski definition) is 2. The van der Waals surface area contributed by atoms with E-state index in [2.05, 4.69) is 18.6 Å². The van der Waals surface area contributed by atoms with Crippen molar-refractivity contribution in [1.29, 1.82) is 0 Å². The predicted molar refractivity (Wildman–Crippen MR) is 86.7 cm³/mol. The van der Waals surface area contributed by atoms with Crippen LogP contribution in [0.2, 0.25) is 0 Å². The molecule has 21 heavy (non-hydrogen) atoms. The fraction of sp³-hybridized carbons (Fsp3) is 0.625. The first-order valence-electron chi connectivity index (χ1n) is 7.50. The lowest BCUT2D eigenvalue weighted by atomic mass is 9.76. The molecule has 1 saturated carbocycles. The van der Waals surface area contributed by atoms with Gasteiger partial charge in [0.1, 0.15) is 4.90 Å². The standard InChI is InChI=1S/C16H26N2O2S/c1-11-5-6-14(17)15(12(11)2)21(19,20)18-13-7-9-16(3,4)10-8-13/h5-6,13,18H,7-10,17H2,1-4H3. The van der Waals surface area contributed by atoms with Crippen LogP contribution in [0.15, 0.2) is 17.0 Å². The van der Waals surface area contributed by atoms with E-state index in [0.717, 1.165) is 36.8 Å². The van der Waals surface area contributed by atoms with Crippen molar-refractivity contribution in [2.45, 2.75) is 64.3 Å². The van der Waals surface area contributed by atoms with Gasteiger partial charge in [0.15, 0.2) is 0 Å². The van der Waals surface area contributed by atoms with Crippen LogP contribution in [0, 0.1) is 19.3 Å². The van der Waals surface area contributed by atoms with E-state index in [4.69, 9.17) is 5.73 Å². The molecule has 3 N–H and O–H groups in total. The minimum absolute atomic E-state index is 0.0161. The third-order valence-corrected chi connectivity index (χ3v) is 6.36. The highest BCUT2D eigenvalue weighted by Gasteiger charge is 2.30. The molecule has 1 aromatic rings. The second-order valence-electron chi connectivity index (χ2n) is 6.99. The van der Waals surface area contributed by atoms with Crippen molar-refractivity contribution in [2.75, 3.05) is 5.73 Å². The summed E-state index contributed by atoms with van der Waals surface area (Å²) in [5.41, 5.74) is 8.22. The van der Waals surface area contributed by atoms with Crippen LogP contribution in [0.1, 0.15) is 50.7 Å². The number of sulfonamides is 1. The summed E-state index contributed by atoms with van der Waals surface area (Å²) < 4.78 is 28.2. The molecule has 0 spiro atoms. The van der Waals surface area contributed by atoms with Crippen molar-refractivity contribution >= 4 is 15.7 Å². The summed E-state index contributed by atoms with van der Waals surface area (Å²) in [7, 11) is -3.56. The largest absolute Gasteiger partial charge is 0.398 e. The van der Waals surface area contributed by atoms with Crippen molar-refractivity contribution in [3.8, 4) is 0 Å². The second kappa shape index (κ2) is 5.61.